The van der Waals surface area contributed by atoms with Gasteiger partial charge < -0.3 is 15.3 Å². The Bertz CT molecular complexity index is 770. The molecule has 1 aliphatic heterocycles. The van der Waals surface area contributed by atoms with E-state index in [0.717, 1.165) is 23.4 Å². The molecule has 0 spiro atoms. The van der Waals surface area contributed by atoms with E-state index in [1.807, 2.05) is 26.1 Å². The van der Waals surface area contributed by atoms with Crippen molar-refractivity contribution in [2.75, 3.05) is 13.1 Å². The molecule has 0 aromatic carbocycles. The van der Waals surface area contributed by atoms with Gasteiger partial charge in [0.15, 0.2) is 0 Å². The van der Waals surface area contributed by atoms with E-state index in [9.17, 15) is 27.9 Å². The predicted octanol–water partition coefficient (Wildman–Crippen LogP) is 1.38. The first-order valence-corrected chi connectivity index (χ1v) is 9.61. The van der Waals surface area contributed by atoms with Crippen molar-refractivity contribution < 1.29 is 27.9 Å². The van der Waals surface area contributed by atoms with Crippen LogP contribution in [-0.4, -0.2) is 68.2 Å². The van der Waals surface area contributed by atoms with Crippen molar-refractivity contribution in [1.82, 2.24) is 25.2 Å². The first-order chi connectivity index (χ1) is 13.4. The van der Waals surface area contributed by atoms with E-state index in [0.29, 0.717) is 5.92 Å². The summed E-state index contributed by atoms with van der Waals surface area (Å²) in [6.07, 6.45) is -1.90. The highest BCUT2D eigenvalue weighted by Gasteiger charge is 2.46. The number of halogens is 3. The monoisotopic (exact) mass is 417 g/mol. The number of amides is 2. The number of nitrogens with one attached hydrogen (secondary N) is 1. The molecule has 1 aromatic heterocycles. The lowest BCUT2D eigenvalue weighted by Gasteiger charge is -2.34. The number of carbonyl (C=O) groups is 2. The lowest BCUT2D eigenvalue weighted by molar-refractivity contribution is -0.147. The van der Waals surface area contributed by atoms with Crippen LogP contribution in [0.2, 0.25) is 0 Å². The van der Waals surface area contributed by atoms with Crippen molar-refractivity contribution >= 4 is 11.8 Å². The minimum absolute atomic E-state index is 0.114. The predicted molar refractivity (Wildman–Crippen MR) is 95.7 cm³/mol. The van der Waals surface area contributed by atoms with Crippen LogP contribution >= 0.6 is 0 Å². The highest BCUT2D eigenvalue weighted by atomic mass is 19.4. The Kier molecular flexibility index (Phi) is 5.63. The van der Waals surface area contributed by atoms with E-state index in [2.05, 4.69) is 10.3 Å². The number of likely N-dealkylation sites (tertiary alicyclic amines) is 1. The summed E-state index contributed by atoms with van der Waals surface area (Å²) in [6.45, 7) is 3.88. The molecule has 0 unspecified atom stereocenters. The van der Waals surface area contributed by atoms with Crippen LogP contribution in [0.4, 0.5) is 13.2 Å². The lowest BCUT2D eigenvalue weighted by atomic mass is 9.85. The molecule has 162 valence electrons. The van der Waals surface area contributed by atoms with Crippen LogP contribution in [0.5, 0.6) is 0 Å². The molecule has 2 fully saturated rings. The normalized spacial score (nSPS) is 23.9. The maximum atomic E-state index is 13.4. The third kappa shape index (κ3) is 5.06. The number of carbonyl (C=O) groups excluding carboxylic acids is 2. The lowest BCUT2D eigenvalue weighted by Crippen LogP contribution is -2.51. The van der Waals surface area contributed by atoms with E-state index in [-0.39, 0.29) is 13.0 Å². The van der Waals surface area contributed by atoms with Gasteiger partial charge in [0.25, 0.3) is 0 Å². The van der Waals surface area contributed by atoms with E-state index in [1.165, 1.54) is 4.68 Å². The Morgan fingerprint density at radius 2 is 1.97 bits per heavy atom. The maximum absolute atomic E-state index is 13.4. The van der Waals surface area contributed by atoms with Gasteiger partial charge in [-0.3, -0.25) is 9.59 Å². The molecule has 11 heteroatoms. The van der Waals surface area contributed by atoms with Gasteiger partial charge in [-0.1, -0.05) is 26.0 Å². The summed E-state index contributed by atoms with van der Waals surface area (Å²) in [5.41, 5.74) is 0.194. The number of hydrogen-bond acceptors (Lipinski definition) is 5. The zero-order valence-corrected chi connectivity index (χ0v) is 16.6. The second-order valence-electron chi connectivity index (χ2n) is 8.90. The number of aliphatic hydroxyl groups excluding tert-OH is 1. The van der Waals surface area contributed by atoms with Crippen LogP contribution in [0.25, 0.3) is 0 Å². The minimum Gasteiger partial charge on any atom is -0.391 e. The number of aliphatic hydroxyl groups is 1. The number of alkyl halides is 3. The molecule has 2 heterocycles. The molecular formula is C18H26F3N5O3. The largest absolute Gasteiger partial charge is 0.405 e. The highest BCUT2D eigenvalue weighted by Crippen LogP contribution is 2.40. The quantitative estimate of drug-likeness (QED) is 0.754. The second kappa shape index (κ2) is 7.58. The Labute approximate surface area is 166 Å². The fraction of sp³-hybridized carbons (Fsp3) is 0.778. The molecule has 8 nitrogen and oxygen atoms in total. The number of rotatable bonds is 5. The minimum atomic E-state index is -4.56. The fourth-order valence-corrected chi connectivity index (χ4v) is 3.63. The van der Waals surface area contributed by atoms with Gasteiger partial charge in [0, 0.05) is 25.1 Å². The van der Waals surface area contributed by atoms with Crippen LogP contribution in [0, 0.1) is 5.41 Å². The molecular weight excluding hydrogens is 391 g/mol. The standard InChI is InChI=1S/C18H26F3N5O3/c1-17(2,3)14(26-8-12(23-24-26)10-4-5-10)16(29)25-7-11(27)6-13(25)15(28)22-9-18(19,20)21/h8,10-11,13-14,27H,4-7,9H2,1-3H3,(H,22,28)/t11-,13+,14-/m1/s1. The van der Waals surface area contributed by atoms with Gasteiger partial charge in [-0.2, -0.15) is 13.2 Å². The van der Waals surface area contributed by atoms with Gasteiger partial charge in [-0.05, 0) is 18.3 Å². The van der Waals surface area contributed by atoms with Crippen LogP contribution in [-0.2, 0) is 9.59 Å². The highest BCUT2D eigenvalue weighted by molar-refractivity contribution is 5.90. The van der Waals surface area contributed by atoms with Gasteiger partial charge >= 0.3 is 6.18 Å². The van der Waals surface area contributed by atoms with Crippen LogP contribution in [0.15, 0.2) is 6.20 Å². The zero-order valence-electron chi connectivity index (χ0n) is 16.6. The van der Waals surface area contributed by atoms with Gasteiger partial charge in [0.2, 0.25) is 11.8 Å². The Morgan fingerprint density at radius 3 is 2.52 bits per heavy atom. The summed E-state index contributed by atoms with van der Waals surface area (Å²) >= 11 is 0. The molecule has 29 heavy (non-hydrogen) atoms. The van der Waals surface area contributed by atoms with Gasteiger partial charge in [-0.25, -0.2) is 4.68 Å². The number of β-amino-alcohol motifs (C(OH)–C–C–N with tert-alkyl or cyclic N) is 1. The fourth-order valence-electron chi connectivity index (χ4n) is 3.63. The van der Waals surface area contributed by atoms with Crippen molar-refractivity contribution in [3.63, 3.8) is 0 Å². The summed E-state index contributed by atoms with van der Waals surface area (Å²) in [4.78, 5) is 26.8. The third-order valence-corrected chi connectivity index (χ3v) is 5.17. The van der Waals surface area contributed by atoms with Crippen molar-refractivity contribution in [3.05, 3.63) is 11.9 Å². The molecule has 0 radical (unpaired) electrons. The number of nitrogens with zero attached hydrogens (tertiary/aromatic N) is 4. The molecule has 1 saturated heterocycles. The molecule has 2 aliphatic rings. The molecule has 3 rings (SSSR count). The van der Waals surface area contributed by atoms with Crippen molar-refractivity contribution in [1.29, 1.82) is 0 Å². The molecule has 1 saturated carbocycles. The third-order valence-electron chi connectivity index (χ3n) is 5.17. The summed E-state index contributed by atoms with van der Waals surface area (Å²) in [6, 6.07) is -1.98. The maximum Gasteiger partial charge on any atom is 0.405 e. The van der Waals surface area contributed by atoms with Crippen molar-refractivity contribution in [2.24, 2.45) is 5.41 Å². The van der Waals surface area contributed by atoms with Gasteiger partial charge in [0.1, 0.15) is 18.6 Å². The topological polar surface area (TPSA) is 100 Å². The summed E-state index contributed by atoms with van der Waals surface area (Å²) in [5, 5.41) is 20.1. The number of aromatic nitrogens is 3. The van der Waals surface area contributed by atoms with Crippen molar-refractivity contribution in [3.8, 4) is 0 Å². The summed E-state index contributed by atoms with van der Waals surface area (Å²) < 4.78 is 38.8. The van der Waals surface area contributed by atoms with Gasteiger partial charge in [0.05, 0.1) is 11.8 Å². The molecule has 2 N–H and O–H groups in total. The van der Waals surface area contributed by atoms with Crippen molar-refractivity contribution in [2.45, 2.75) is 70.3 Å². The van der Waals surface area contributed by atoms with E-state index in [1.54, 1.807) is 6.20 Å². The number of hydrogen-bond donors (Lipinski definition) is 2. The van der Waals surface area contributed by atoms with Crippen LogP contribution < -0.4 is 5.32 Å². The molecule has 3 atom stereocenters. The first-order valence-electron chi connectivity index (χ1n) is 9.61. The molecule has 1 aromatic rings. The summed E-state index contributed by atoms with van der Waals surface area (Å²) in [5.74, 6) is -1.07. The molecule has 1 aliphatic carbocycles. The Morgan fingerprint density at radius 1 is 1.31 bits per heavy atom. The Hall–Kier alpha value is -2.17. The van der Waals surface area contributed by atoms with Crippen LogP contribution in [0.3, 0.4) is 0 Å². The smallest absolute Gasteiger partial charge is 0.391 e. The summed E-state index contributed by atoms with van der Waals surface area (Å²) in [7, 11) is 0. The second-order valence-corrected chi connectivity index (χ2v) is 8.90. The zero-order chi connectivity index (χ0) is 21.6. The molecule has 2 amide bonds. The van der Waals surface area contributed by atoms with Gasteiger partial charge in [-0.15, -0.1) is 5.10 Å². The average Bonchev–Trinajstić information content (AvgIpc) is 3.20. The van der Waals surface area contributed by atoms with E-state index in [4.69, 9.17) is 0 Å². The van der Waals surface area contributed by atoms with Crippen LogP contribution in [0.1, 0.15) is 57.7 Å². The Balaban J connectivity index is 1.81. The van der Waals surface area contributed by atoms with E-state index >= 15 is 0 Å². The van der Waals surface area contributed by atoms with E-state index < -0.39 is 48.1 Å². The average molecular weight is 417 g/mol. The first kappa shape index (κ1) is 21.5. The molecule has 0 bridgehead atoms. The SMILES string of the molecule is CC(C)(C)[C@@H](C(=O)N1C[C@H](O)C[C@H]1C(=O)NCC(F)(F)F)n1cc(C2CC2)nn1.